The van der Waals surface area contributed by atoms with Crippen LogP contribution in [0.25, 0.3) is 0 Å². The van der Waals surface area contributed by atoms with Crippen molar-refractivity contribution in [2.75, 3.05) is 10.5 Å². The highest BCUT2D eigenvalue weighted by Crippen LogP contribution is 2.47. The SMILES string of the molecule is CC.CCC1=CC2=C(CC1)CCC1CCCCC21.Nc1ccc(NS)cc1. The molecule has 0 bridgehead atoms. The largest absolute Gasteiger partial charge is 0.399 e. The molecule has 3 aliphatic rings. The van der Waals surface area contributed by atoms with Crippen LogP contribution >= 0.6 is 12.8 Å². The molecular weight excluding hydrogens is 348 g/mol. The minimum atomic E-state index is 0.766. The predicted octanol–water partition coefficient (Wildman–Crippen LogP) is 7.57. The van der Waals surface area contributed by atoms with Gasteiger partial charge in [0.05, 0.1) is 0 Å². The van der Waals surface area contributed by atoms with Crippen LogP contribution in [0.1, 0.15) is 78.6 Å². The molecule has 0 saturated heterocycles. The maximum atomic E-state index is 5.43. The molecular formula is C24H38N2S. The standard InChI is InChI=1S/C16H24.C6H8N2S.C2H6/c1-2-12-7-8-14-10-9-13-5-3-4-6-15(13)16(14)11-12;7-5-1-3-6(8-9)4-2-5;1-2/h11,13,15H,2-10H2,1H3;1-4,8-9H,7H2;1-2H3. The summed E-state index contributed by atoms with van der Waals surface area (Å²) in [4.78, 5) is 0. The van der Waals surface area contributed by atoms with Gasteiger partial charge in [-0.25, -0.2) is 0 Å². The Morgan fingerprint density at radius 2 is 1.70 bits per heavy atom. The summed E-state index contributed by atoms with van der Waals surface area (Å²) in [6.45, 7) is 6.32. The molecule has 1 saturated carbocycles. The molecule has 150 valence electrons. The van der Waals surface area contributed by atoms with Gasteiger partial charge in [-0.05, 0) is 86.6 Å². The number of allylic oxidation sites excluding steroid dienone is 4. The minimum absolute atomic E-state index is 0.766. The van der Waals surface area contributed by atoms with Crippen molar-refractivity contribution in [3.05, 3.63) is 47.1 Å². The molecule has 2 nitrogen and oxygen atoms in total. The number of nitrogen functional groups attached to an aromatic ring is 1. The van der Waals surface area contributed by atoms with E-state index in [0.29, 0.717) is 0 Å². The molecule has 3 heteroatoms. The summed E-state index contributed by atoms with van der Waals surface area (Å²) in [6, 6.07) is 7.36. The van der Waals surface area contributed by atoms with Crippen molar-refractivity contribution < 1.29 is 0 Å². The number of nitrogens with two attached hydrogens (primary N) is 1. The number of rotatable bonds is 2. The fourth-order valence-electron chi connectivity index (χ4n) is 4.65. The van der Waals surface area contributed by atoms with Gasteiger partial charge in [-0.3, -0.25) is 0 Å². The number of nitrogens with one attached hydrogen (secondary N) is 1. The summed E-state index contributed by atoms with van der Waals surface area (Å²) in [5.74, 6) is 2.00. The van der Waals surface area contributed by atoms with Crippen LogP contribution in [-0.2, 0) is 0 Å². The van der Waals surface area contributed by atoms with Gasteiger partial charge in [0.25, 0.3) is 0 Å². The second kappa shape index (κ2) is 11.5. The Hall–Kier alpha value is -1.35. The van der Waals surface area contributed by atoms with Crippen LogP contribution in [0.3, 0.4) is 0 Å². The van der Waals surface area contributed by atoms with Crippen LogP contribution in [0.2, 0.25) is 0 Å². The number of thiol groups is 1. The van der Waals surface area contributed by atoms with Crippen molar-refractivity contribution in [1.29, 1.82) is 0 Å². The van der Waals surface area contributed by atoms with E-state index in [1.165, 1.54) is 57.8 Å². The molecule has 0 amide bonds. The fourth-order valence-corrected chi connectivity index (χ4v) is 4.80. The Balaban J connectivity index is 0.000000203. The predicted molar refractivity (Wildman–Crippen MR) is 124 cm³/mol. The topological polar surface area (TPSA) is 38.0 Å². The summed E-state index contributed by atoms with van der Waals surface area (Å²) in [7, 11) is 0. The zero-order valence-electron chi connectivity index (χ0n) is 17.4. The number of fused-ring (bicyclic) bond motifs is 2. The van der Waals surface area contributed by atoms with E-state index in [2.05, 4.69) is 30.5 Å². The number of anilines is 2. The van der Waals surface area contributed by atoms with E-state index in [4.69, 9.17) is 5.73 Å². The zero-order chi connectivity index (χ0) is 19.6. The summed E-state index contributed by atoms with van der Waals surface area (Å²) in [5.41, 5.74) is 12.5. The van der Waals surface area contributed by atoms with Crippen molar-refractivity contribution in [3.63, 3.8) is 0 Å². The van der Waals surface area contributed by atoms with E-state index in [0.717, 1.165) is 23.2 Å². The molecule has 0 aliphatic heterocycles. The van der Waals surface area contributed by atoms with Crippen LogP contribution in [0.4, 0.5) is 11.4 Å². The Kier molecular flexibility index (Phi) is 9.33. The fraction of sp³-hybridized carbons (Fsp3) is 0.583. The lowest BCUT2D eigenvalue weighted by atomic mass is 9.66. The summed E-state index contributed by atoms with van der Waals surface area (Å²) >= 11 is 3.85. The van der Waals surface area contributed by atoms with Gasteiger partial charge >= 0.3 is 0 Å². The van der Waals surface area contributed by atoms with E-state index >= 15 is 0 Å². The first kappa shape index (κ1) is 21.9. The van der Waals surface area contributed by atoms with E-state index < -0.39 is 0 Å². The normalized spacial score (nSPS) is 23.5. The van der Waals surface area contributed by atoms with Crippen LogP contribution < -0.4 is 10.5 Å². The van der Waals surface area contributed by atoms with Gasteiger partial charge in [-0.1, -0.05) is 63.6 Å². The smallest absolute Gasteiger partial charge is 0.0439 e. The van der Waals surface area contributed by atoms with Gasteiger partial charge in [-0.2, -0.15) is 0 Å². The molecule has 1 fully saturated rings. The van der Waals surface area contributed by atoms with Crippen LogP contribution in [0.5, 0.6) is 0 Å². The van der Waals surface area contributed by atoms with Gasteiger partial charge in [0.2, 0.25) is 0 Å². The average molecular weight is 387 g/mol. The van der Waals surface area contributed by atoms with Crippen molar-refractivity contribution in [2.24, 2.45) is 11.8 Å². The molecule has 2 atom stereocenters. The summed E-state index contributed by atoms with van der Waals surface area (Å²) in [6.07, 6.45) is 15.5. The quantitative estimate of drug-likeness (QED) is 0.362. The first-order valence-corrected chi connectivity index (χ1v) is 11.3. The third-order valence-electron chi connectivity index (χ3n) is 6.14. The average Bonchev–Trinajstić information content (AvgIpc) is 2.75. The van der Waals surface area contributed by atoms with Crippen LogP contribution in [0.15, 0.2) is 47.1 Å². The molecule has 27 heavy (non-hydrogen) atoms. The van der Waals surface area contributed by atoms with Gasteiger partial charge in [0, 0.05) is 11.4 Å². The molecule has 1 aromatic carbocycles. The van der Waals surface area contributed by atoms with E-state index in [1.54, 1.807) is 11.1 Å². The lowest BCUT2D eigenvalue weighted by molar-refractivity contribution is 0.242. The number of hydrogen-bond donors (Lipinski definition) is 3. The van der Waals surface area contributed by atoms with Gasteiger partial charge < -0.3 is 10.5 Å². The first-order valence-electron chi connectivity index (χ1n) is 10.9. The highest BCUT2D eigenvalue weighted by atomic mass is 32.1. The Morgan fingerprint density at radius 1 is 1.00 bits per heavy atom. The molecule has 3 aliphatic carbocycles. The third kappa shape index (κ3) is 6.07. The van der Waals surface area contributed by atoms with Gasteiger partial charge in [0.15, 0.2) is 0 Å². The highest BCUT2D eigenvalue weighted by Gasteiger charge is 2.33. The molecule has 0 spiro atoms. The second-order valence-electron chi connectivity index (χ2n) is 7.64. The van der Waals surface area contributed by atoms with Gasteiger partial charge in [0.1, 0.15) is 0 Å². The summed E-state index contributed by atoms with van der Waals surface area (Å²) in [5, 5.41) is 0. The van der Waals surface area contributed by atoms with Crippen molar-refractivity contribution in [3.8, 4) is 0 Å². The minimum Gasteiger partial charge on any atom is -0.399 e. The van der Waals surface area contributed by atoms with E-state index in [-0.39, 0.29) is 0 Å². The van der Waals surface area contributed by atoms with Crippen molar-refractivity contribution >= 4 is 24.2 Å². The lowest BCUT2D eigenvalue weighted by Crippen LogP contribution is -2.26. The zero-order valence-corrected chi connectivity index (χ0v) is 18.3. The molecule has 0 radical (unpaired) electrons. The Bertz CT molecular complexity index is 630. The lowest BCUT2D eigenvalue weighted by Gasteiger charge is -2.40. The second-order valence-corrected chi connectivity index (χ2v) is 7.86. The van der Waals surface area contributed by atoms with Gasteiger partial charge in [-0.15, -0.1) is 0 Å². The maximum Gasteiger partial charge on any atom is 0.0439 e. The third-order valence-corrected chi connectivity index (χ3v) is 6.39. The summed E-state index contributed by atoms with van der Waals surface area (Å²) < 4.78 is 2.69. The number of benzene rings is 1. The Morgan fingerprint density at radius 3 is 2.37 bits per heavy atom. The molecule has 4 rings (SSSR count). The molecule has 0 aromatic heterocycles. The molecule has 3 N–H and O–H groups in total. The Labute approximate surface area is 172 Å². The molecule has 1 aromatic rings. The molecule has 0 heterocycles. The molecule has 2 unspecified atom stereocenters. The number of hydrogen-bond acceptors (Lipinski definition) is 3. The maximum absolute atomic E-state index is 5.43. The van der Waals surface area contributed by atoms with E-state index in [1.807, 2.05) is 43.7 Å². The monoisotopic (exact) mass is 386 g/mol. The highest BCUT2D eigenvalue weighted by molar-refractivity contribution is 7.81. The van der Waals surface area contributed by atoms with Crippen molar-refractivity contribution in [2.45, 2.75) is 78.6 Å². The van der Waals surface area contributed by atoms with Crippen molar-refractivity contribution in [1.82, 2.24) is 0 Å². The van der Waals surface area contributed by atoms with Crippen LogP contribution in [0, 0.1) is 11.8 Å². The first-order chi connectivity index (χ1) is 13.2. The van der Waals surface area contributed by atoms with E-state index in [9.17, 15) is 0 Å². The van der Waals surface area contributed by atoms with Crippen LogP contribution in [-0.4, -0.2) is 0 Å².